The molecule has 2 nitrogen and oxygen atoms in total. The molecule has 2 heterocycles. The molecular formula is C15H9Cl2NOS3. The topological polar surface area (TPSA) is 30.0 Å². The van der Waals surface area contributed by atoms with E-state index in [1.165, 1.54) is 22.7 Å². The van der Waals surface area contributed by atoms with Crippen molar-refractivity contribution in [1.82, 2.24) is 4.98 Å². The molecule has 7 heteroatoms. The summed E-state index contributed by atoms with van der Waals surface area (Å²) < 4.78 is 0. The molecule has 0 saturated carbocycles. The van der Waals surface area contributed by atoms with Gasteiger partial charge in [-0.15, -0.1) is 22.7 Å². The lowest BCUT2D eigenvalue weighted by Crippen LogP contribution is -1.81. The van der Waals surface area contributed by atoms with Crippen molar-refractivity contribution in [2.24, 2.45) is 0 Å². The lowest BCUT2D eigenvalue weighted by Gasteiger charge is -1.99. The van der Waals surface area contributed by atoms with Gasteiger partial charge in [-0.2, -0.15) is 0 Å². The fraction of sp³-hybridized carbons (Fsp3) is 0.0667. The summed E-state index contributed by atoms with van der Waals surface area (Å²) in [6, 6.07) is 7.28. The van der Waals surface area contributed by atoms with Crippen molar-refractivity contribution < 1.29 is 4.79 Å². The SMILES string of the molecule is Cc1sc(C(=O)S)cc1-c1nc(-c2ccc(Cl)c(Cl)c2)cs1. The smallest absolute Gasteiger partial charge is 0.226 e. The summed E-state index contributed by atoms with van der Waals surface area (Å²) in [5.74, 6) is 0. The number of aryl methyl sites for hydroxylation is 1. The molecule has 3 rings (SSSR count). The number of hydrogen-bond donors (Lipinski definition) is 1. The van der Waals surface area contributed by atoms with Crippen LogP contribution in [0.2, 0.25) is 10.0 Å². The van der Waals surface area contributed by atoms with E-state index in [0.29, 0.717) is 14.9 Å². The molecule has 22 heavy (non-hydrogen) atoms. The number of carbonyl (C=O) groups excluding carboxylic acids is 1. The van der Waals surface area contributed by atoms with Crippen LogP contribution in [-0.2, 0) is 0 Å². The number of thiol groups is 1. The van der Waals surface area contributed by atoms with Gasteiger partial charge in [0, 0.05) is 21.4 Å². The molecule has 2 aromatic heterocycles. The number of aromatic nitrogens is 1. The third-order valence-electron chi connectivity index (χ3n) is 3.08. The van der Waals surface area contributed by atoms with Gasteiger partial charge in [0.05, 0.1) is 20.6 Å². The minimum atomic E-state index is -0.222. The predicted molar refractivity (Wildman–Crippen MR) is 98.9 cm³/mol. The number of hydrogen-bond acceptors (Lipinski definition) is 4. The molecule has 0 atom stereocenters. The standard InChI is InChI=1S/C15H9Cl2NOS3/c1-7-9(5-13(22-7)15(19)20)14-18-12(6-21-14)8-2-3-10(16)11(17)4-8/h2-6H,1H3,(H,19,20). The zero-order valence-corrected chi connectivity index (χ0v) is 15.3. The Hall–Kier alpha value is -0.850. The zero-order chi connectivity index (χ0) is 15.9. The van der Waals surface area contributed by atoms with Gasteiger partial charge in [-0.3, -0.25) is 4.79 Å². The second-order valence-corrected chi connectivity index (χ2v) is 7.89. The lowest BCUT2D eigenvalue weighted by molar-refractivity contribution is 0.109. The van der Waals surface area contributed by atoms with Crippen LogP contribution in [0.1, 0.15) is 14.5 Å². The van der Waals surface area contributed by atoms with Crippen molar-refractivity contribution in [3.8, 4) is 21.8 Å². The average Bonchev–Trinajstić information content (AvgIpc) is 3.08. The predicted octanol–water partition coefficient (Wildman–Crippen LogP) is 6.22. The van der Waals surface area contributed by atoms with Gasteiger partial charge in [-0.25, -0.2) is 4.98 Å². The Balaban J connectivity index is 2.00. The van der Waals surface area contributed by atoms with Gasteiger partial charge in [0.15, 0.2) is 0 Å². The van der Waals surface area contributed by atoms with E-state index in [1.807, 2.05) is 24.4 Å². The summed E-state index contributed by atoms with van der Waals surface area (Å²) in [7, 11) is 0. The minimum absolute atomic E-state index is 0.222. The van der Waals surface area contributed by atoms with Crippen LogP contribution >= 0.6 is 58.5 Å². The molecule has 0 N–H and O–H groups in total. The van der Waals surface area contributed by atoms with Crippen LogP contribution in [0.3, 0.4) is 0 Å². The Morgan fingerprint density at radius 2 is 2.00 bits per heavy atom. The first-order chi connectivity index (χ1) is 10.5. The Labute approximate surface area is 151 Å². The number of thiazole rings is 1. The monoisotopic (exact) mass is 385 g/mol. The molecule has 112 valence electrons. The number of nitrogens with zero attached hydrogens (tertiary/aromatic N) is 1. The maximum absolute atomic E-state index is 11.4. The Morgan fingerprint density at radius 1 is 1.23 bits per heavy atom. The highest BCUT2D eigenvalue weighted by Crippen LogP contribution is 2.36. The van der Waals surface area contributed by atoms with E-state index < -0.39 is 0 Å². The summed E-state index contributed by atoms with van der Waals surface area (Å²) in [4.78, 5) is 17.7. The van der Waals surface area contributed by atoms with Crippen molar-refractivity contribution in [2.75, 3.05) is 0 Å². The summed E-state index contributed by atoms with van der Waals surface area (Å²) in [6.45, 7) is 1.97. The molecule has 0 bridgehead atoms. The van der Waals surface area contributed by atoms with Gasteiger partial charge in [-0.1, -0.05) is 41.9 Å². The van der Waals surface area contributed by atoms with Crippen molar-refractivity contribution in [1.29, 1.82) is 0 Å². The Morgan fingerprint density at radius 3 is 2.64 bits per heavy atom. The summed E-state index contributed by atoms with van der Waals surface area (Å²) in [6.07, 6.45) is 0. The molecule has 0 amide bonds. The summed E-state index contributed by atoms with van der Waals surface area (Å²) in [5.41, 5.74) is 2.72. The maximum Gasteiger partial charge on any atom is 0.226 e. The zero-order valence-electron chi connectivity index (χ0n) is 11.3. The lowest BCUT2D eigenvalue weighted by atomic mass is 10.2. The minimum Gasteiger partial charge on any atom is -0.281 e. The summed E-state index contributed by atoms with van der Waals surface area (Å²) >= 11 is 18.8. The number of benzene rings is 1. The van der Waals surface area contributed by atoms with E-state index in [-0.39, 0.29) is 5.12 Å². The van der Waals surface area contributed by atoms with Crippen molar-refractivity contribution in [3.05, 3.63) is 49.4 Å². The first kappa shape index (κ1) is 16.0. The third-order valence-corrected chi connectivity index (χ3v) is 6.13. The molecule has 0 fully saturated rings. The molecule has 0 unspecified atom stereocenters. The van der Waals surface area contributed by atoms with Crippen LogP contribution in [0.4, 0.5) is 0 Å². The Kier molecular flexibility index (Phi) is 4.61. The third kappa shape index (κ3) is 3.09. The maximum atomic E-state index is 11.4. The van der Waals surface area contributed by atoms with Crippen molar-refractivity contribution in [2.45, 2.75) is 6.92 Å². The van der Waals surface area contributed by atoms with Crippen LogP contribution in [0.5, 0.6) is 0 Å². The van der Waals surface area contributed by atoms with Gasteiger partial charge in [-0.05, 0) is 25.1 Å². The van der Waals surface area contributed by atoms with Crippen LogP contribution < -0.4 is 0 Å². The summed E-state index contributed by atoms with van der Waals surface area (Å²) in [5, 5.41) is 3.64. The fourth-order valence-corrected chi connectivity index (χ4v) is 4.31. The highest BCUT2D eigenvalue weighted by Gasteiger charge is 2.15. The van der Waals surface area contributed by atoms with E-state index in [1.54, 1.807) is 12.1 Å². The molecule has 0 aliphatic rings. The molecule has 0 aliphatic carbocycles. The van der Waals surface area contributed by atoms with Gasteiger partial charge >= 0.3 is 0 Å². The number of thiophene rings is 1. The quantitative estimate of drug-likeness (QED) is 0.541. The number of halogens is 2. The highest BCUT2D eigenvalue weighted by molar-refractivity contribution is 7.97. The van der Waals surface area contributed by atoms with Gasteiger partial charge < -0.3 is 0 Å². The Bertz CT molecular complexity index is 870. The molecular weight excluding hydrogens is 377 g/mol. The van der Waals surface area contributed by atoms with E-state index >= 15 is 0 Å². The van der Waals surface area contributed by atoms with Crippen molar-refractivity contribution in [3.63, 3.8) is 0 Å². The number of rotatable bonds is 3. The molecule has 0 aliphatic heterocycles. The van der Waals surface area contributed by atoms with Crippen LogP contribution in [0, 0.1) is 6.92 Å². The first-order valence-electron chi connectivity index (χ1n) is 6.21. The molecule has 3 aromatic rings. The second-order valence-electron chi connectivity index (χ2n) is 4.55. The van der Waals surface area contributed by atoms with Crippen LogP contribution in [0.25, 0.3) is 21.8 Å². The van der Waals surface area contributed by atoms with E-state index in [2.05, 4.69) is 17.6 Å². The normalized spacial score (nSPS) is 10.9. The average molecular weight is 386 g/mol. The van der Waals surface area contributed by atoms with Crippen LogP contribution in [-0.4, -0.2) is 10.1 Å². The second kappa shape index (κ2) is 6.34. The van der Waals surface area contributed by atoms with Crippen molar-refractivity contribution >= 4 is 63.6 Å². The molecule has 1 aromatic carbocycles. The number of carbonyl (C=O) groups is 1. The fourth-order valence-electron chi connectivity index (χ4n) is 1.99. The van der Waals surface area contributed by atoms with Crippen LogP contribution in [0.15, 0.2) is 29.6 Å². The first-order valence-corrected chi connectivity index (χ1v) is 9.10. The largest absolute Gasteiger partial charge is 0.281 e. The van der Waals surface area contributed by atoms with Gasteiger partial charge in [0.1, 0.15) is 5.01 Å². The molecule has 0 saturated heterocycles. The van der Waals surface area contributed by atoms with E-state index in [9.17, 15) is 4.79 Å². The van der Waals surface area contributed by atoms with Gasteiger partial charge in [0.2, 0.25) is 5.12 Å². The molecule has 0 radical (unpaired) electrons. The van der Waals surface area contributed by atoms with E-state index in [4.69, 9.17) is 23.2 Å². The molecule has 0 spiro atoms. The van der Waals surface area contributed by atoms with Gasteiger partial charge in [0.25, 0.3) is 0 Å². The van der Waals surface area contributed by atoms with E-state index in [0.717, 1.165) is 26.7 Å². The highest BCUT2D eigenvalue weighted by atomic mass is 35.5.